The van der Waals surface area contributed by atoms with Gasteiger partial charge in [-0.15, -0.1) is 0 Å². The minimum absolute atomic E-state index is 0.00372. The highest BCUT2D eigenvalue weighted by Crippen LogP contribution is 2.44. The maximum atomic E-state index is 13.8. The lowest BCUT2D eigenvalue weighted by Gasteiger charge is -2.22. The van der Waals surface area contributed by atoms with Gasteiger partial charge in [0.05, 0.1) is 46.5 Å². The van der Waals surface area contributed by atoms with Crippen LogP contribution in [-0.2, 0) is 4.74 Å². The number of methoxy groups -OCH3 is 1. The molecule has 6 rings (SSSR count). The molecule has 2 aromatic heterocycles. The lowest BCUT2D eigenvalue weighted by Crippen LogP contribution is -2.29. The molecule has 0 radical (unpaired) electrons. The van der Waals surface area contributed by atoms with Crippen LogP contribution >= 0.6 is 11.3 Å². The van der Waals surface area contributed by atoms with E-state index >= 15 is 0 Å². The summed E-state index contributed by atoms with van der Waals surface area (Å²) in [6, 6.07) is 18.4. The summed E-state index contributed by atoms with van der Waals surface area (Å²) in [5.41, 5.74) is 2.07. The number of para-hydroxylation sites is 1. The van der Waals surface area contributed by atoms with E-state index in [4.69, 9.17) is 13.9 Å². The van der Waals surface area contributed by atoms with Gasteiger partial charge in [0.2, 0.25) is 5.76 Å². The number of nitrogens with zero attached hydrogens (tertiary/aromatic N) is 2. The molecule has 1 amide bonds. The first-order valence-electron chi connectivity index (χ1n) is 11.6. The predicted octanol–water partition coefficient (Wildman–Crippen LogP) is 5.34. The maximum absolute atomic E-state index is 13.8. The molecule has 184 valence electrons. The van der Waals surface area contributed by atoms with Gasteiger partial charge >= 0.3 is 5.97 Å². The minimum atomic E-state index is -0.751. The number of ether oxygens (including phenoxy) is 2. The smallest absolute Gasteiger partial charge is 0.338 e. The van der Waals surface area contributed by atoms with Crippen molar-refractivity contribution in [2.45, 2.75) is 13.0 Å². The fraction of sp³-hybridized carbons (Fsp3) is 0.143. The molecule has 0 bridgehead atoms. The second-order valence-corrected chi connectivity index (χ2v) is 9.43. The third-order valence-electron chi connectivity index (χ3n) is 6.30. The summed E-state index contributed by atoms with van der Waals surface area (Å²) >= 11 is 1.25. The Hall–Kier alpha value is -4.50. The summed E-state index contributed by atoms with van der Waals surface area (Å²) in [5, 5.41) is 0.787. The number of hydrogen-bond acceptors (Lipinski definition) is 8. The minimum Gasteiger partial charge on any atom is -0.497 e. The third-order valence-corrected chi connectivity index (χ3v) is 7.32. The number of thiazole rings is 1. The van der Waals surface area contributed by atoms with E-state index in [-0.39, 0.29) is 23.4 Å². The molecule has 0 fully saturated rings. The number of fused-ring (bicyclic) bond motifs is 3. The van der Waals surface area contributed by atoms with Gasteiger partial charge in [-0.3, -0.25) is 14.5 Å². The van der Waals surface area contributed by atoms with Crippen LogP contribution in [0.4, 0.5) is 5.13 Å². The van der Waals surface area contributed by atoms with Crippen LogP contribution in [0.2, 0.25) is 0 Å². The monoisotopic (exact) mass is 512 g/mol. The van der Waals surface area contributed by atoms with Crippen molar-refractivity contribution < 1.29 is 23.5 Å². The first kappa shape index (κ1) is 22.9. The SMILES string of the molecule is CCOC(=O)c1ccc2nc(N3C(=O)c4oc5ccccc5c(=O)c4[C@H]3c3ccc(OC)cc3)sc2c1. The highest BCUT2D eigenvalue weighted by molar-refractivity contribution is 7.22. The van der Waals surface area contributed by atoms with Crippen molar-refractivity contribution >= 4 is 49.5 Å². The molecule has 9 heteroatoms. The average Bonchev–Trinajstić information content (AvgIpc) is 3.47. The first-order chi connectivity index (χ1) is 18.0. The predicted molar refractivity (Wildman–Crippen MR) is 140 cm³/mol. The van der Waals surface area contributed by atoms with Gasteiger partial charge < -0.3 is 13.9 Å². The molecule has 0 saturated heterocycles. The topological polar surface area (TPSA) is 98.9 Å². The number of hydrogen-bond donors (Lipinski definition) is 0. The summed E-state index contributed by atoms with van der Waals surface area (Å²) < 4.78 is 17.1. The average molecular weight is 513 g/mol. The Kier molecular flexibility index (Phi) is 5.49. The number of carbonyl (C=O) groups excluding carboxylic acids is 2. The van der Waals surface area contributed by atoms with Gasteiger partial charge in [0.15, 0.2) is 10.6 Å². The lowest BCUT2D eigenvalue weighted by atomic mass is 9.98. The van der Waals surface area contributed by atoms with Gasteiger partial charge in [0.1, 0.15) is 11.3 Å². The first-order valence-corrected chi connectivity index (χ1v) is 12.4. The van der Waals surface area contributed by atoms with Crippen LogP contribution in [0, 0.1) is 0 Å². The van der Waals surface area contributed by atoms with Gasteiger partial charge in [-0.25, -0.2) is 9.78 Å². The van der Waals surface area contributed by atoms with E-state index in [1.165, 1.54) is 16.2 Å². The molecular weight excluding hydrogens is 492 g/mol. The molecule has 37 heavy (non-hydrogen) atoms. The lowest BCUT2D eigenvalue weighted by molar-refractivity contribution is 0.0526. The van der Waals surface area contributed by atoms with Crippen molar-refractivity contribution in [3.05, 3.63) is 99.4 Å². The van der Waals surface area contributed by atoms with Gasteiger partial charge in [-0.1, -0.05) is 35.6 Å². The molecule has 1 atom stereocenters. The molecule has 0 N–H and O–H groups in total. The van der Waals surface area contributed by atoms with Crippen LogP contribution in [0.3, 0.4) is 0 Å². The highest BCUT2D eigenvalue weighted by atomic mass is 32.1. The van der Waals surface area contributed by atoms with E-state index in [1.54, 1.807) is 68.6 Å². The molecule has 0 aliphatic carbocycles. The fourth-order valence-corrected chi connectivity index (χ4v) is 5.61. The summed E-state index contributed by atoms with van der Waals surface area (Å²) in [7, 11) is 1.57. The molecule has 0 saturated carbocycles. The zero-order valence-corrected chi connectivity index (χ0v) is 20.7. The molecule has 3 heterocycles. The van der Waals surface area contributed by atoms with Crippen LogP contribution in [-0.4, -0.2) is 30.6 Å². The Balaban J connectivity index is 1.54. The second-order valence-electron chi connectivity index (χ2n) is 8.42. The number of aromatic nitrogens is 1. The normalized spacial score (nSPS) is 14.8. The van der Waals surface area contributed by atoms with Crippen molar-refractivity contribution in [3.63, 3.8) is 0 Å². The zero-order chi connectivity index (χ0) is 25.7. The summed E-state index contributed by atoms with van der Waals surface area (Å²) in [5.74, 6) is -0.238. The molecule has 0 spiro atoms. The Morgan fingerprint density at radius 2 is 1.86 bits per heavy atom. The van der Waals surface area contributed by atoms with E-state index in [1.807, 2.05) is 12.1 Å². The summed E-state index contributed by atoms with van der Waals surface area (Å²) in [6.07, 6.45) is 0. The van der Waals surface area contributed by atoms with E-state index in [0.29, 0.717) is 43.2 Å². The molecule has 0 unspecified atom stereocenters. The van der Waals surface area contributed by atoms with E-state index in [2.05, 4.69) is 4.98 Å². The highest BCUT2D eigenvalue weighted by Gasteiger charge is 2.45. The van der Waals surface area contributed by atoms with Crippen molar-refractivity contribution in [1.29, 1.82) is 0 Å². The van der Waals surface area contributed by atoms with E-state index < -0.39 is 17.9 Å². The number of anilines is 1. The largest absolute Gasteiger partial charge is 0.497 e. The van der Waals surface area contributed by atoms with Crippen molar-refractivity contribution in [2.75, 3.05) is 18.6 Å². The third kappa shape index (κ3) is 3.66. The molecule has 1 aliphatic heterocycles. The zero-order valence-electron chi connectivity index (χ0n) is 19.9. The summed E-state index contributed by atoms with van der Waals surface area (Å²) in [4.78, 5) is 45.9. The van der Waals surface area contributed by atoms with E-state index in [0.717, 1.165) is 0 Å². The molecule has 1 aliphatic rings. The van der Waals surface area contributed by atoms with Crippen LogP contribution < -0.4 is 15.1 Å². The Bertz CT molecular complexity index is 1750. The summed E-state index contributed by atoms with van der Waals surface area (Å²) in [6.45, 7) is 2.01. The number of esters is 1. The second kappa shape index (κ2) is 8.86. The number of rotatable bonds is 5. The van der Waals surface area contributed by atoms with Gasteiger partial charge in [0, 0.05) is 0 Å². The quantitative estimate of drug-likeness (QED) is 0.293. The van der Waals surface area contributed by atoms with Gasteiger partial charge in [-0.2, -0.15) is 0 Å². The van der Waals surface area contributed by atoms with Crippen molar-refractivity contribution in [2.24, 2.45) is 0 Å². The van der Waals surface area contributed by atoms with Crippen molar-refractivity contribution in [1.82, 2.24) is 4.98 Å². The molecular formula is C28H20N2O6S. The van der Waals surface area contributed by atoms with Crippen LogP contribution in [0.25, 0.3) is 21.2 Å². The maximum Gasteiger partial charge on any atom is 0.338 e. The Morgan fingerprint density at radius 3 is 2.62 bits per heavy atom. The molecule has 3 aromatic carbocycles. The standard InChI is InChI=1S/C28H20N2O6S/c1-3-35-27(33)16-10-13-19-21(14-16)37-28(29-19)30-23(15-8-11-17(34-2)12-9-15)22-24(31)18-6-4-5-7-20(18)36-25(22)26(30)32/h4-14,23H,3H2,1-2H3/t23-/m1/s1. The molecule has 8 nitrogen and oxygen atoms in total. The van der Waals surface area contributed by atoms with E-state index in [9.17, 15) is 14.4 Å². The molecule has 5 aromatic rings. The fourth-order valence-electron chi connectivity index (χ4n) is 4.58. The number of benzene rings is 3. The number of carbonyl (C=O) groups is 2. The van der Waals surface area contributed by atoms with Gasteiger partial charge in [0.25, 0.3) is 5.91 Å². The number of amides is 1. The van der Waals surface area contributed by atoms with Gasteiger partial charge in [-0.05, 0) is 55.0 Å². The Morgan fingerprint density at radius 1 is 1.08 bits per heavy atom. The van der Waals surface area contributed by atoms with Crippen LogP contribution in [0.5, 0.6) is 5.75 Å². The van der Waals surface area contributed by atoms with Crippen molar-refractivity contribution in [3.8, 4) is 5.75 Å². The Labute approximate surface area is 214 Å². The van der Waals surface area contributed by atoms with Crippen LogP contribution in [0.1, 0.15) is 45.0 Å². The van der Waals surface area contributed by atoms with Crippen LogP contribution in [0.15, 0.2) is 75.9 Å².